The largest absolute Gasteiger partial charge is 0.486 e. The molecule has 0 spiro atoms. The van der Waals surface area contributed by atoms with Crippen molar-refractivity contribution in [3.05, 3.63) is 54.5 Å². The summed E-state index contributed by atoms with van der Waals surface area (Å²) in [5, 5.41) is 3.79. The number of nitrogens with zero attached hydrogens (tertiary/aromatic N) is 5. The minimum atomic E-state index is -3.96. The van der Waals surface area contributed by atoms with Gasteiger partial charge in [-0.25, -0.2) is 35.8 Å². The zero-order valence-electron chi connectivity index (χ0n) is 24.6. The van der Waals surface area contributed by atoms with E-state index in [9.17, 15) is 16.8 Å². The van der Waals surface area contributed by atoms with Gasteiger partial charge < -0.3 is 19.7 Å². The molecule has 2 aliphatic heterocycles. The van der Waals surface area contributed by atoms with E-state index < -0.39 is 24.6 Å². The van der Waals surface area contributed by atoms with Crippen LogP contribution in [0.2, 0.25) is 0 Å². The third-order valence-corrected chi connectivity index (χ3v) is 11.8. The van der Waals surface area contributed by atoms with Gasteiger partial charge in [0.25, 0.3) is 10.0 Å². The Morgan fingerprint density at radius 3 is 2.49 bits per heavy atom. The summed E-state index contributed by atoms with van der Waals surface area (Å²) in [6.45, 7) is 8.91. The van der Waals surface area contributed by atoms with Crippen LogP contribution in [0.15, 0.2) is 53.7 Å². The lowest BCUT2D eigenvalue weighted by Crippen LogP contribution is -2.56. The molecule has 0 radical (unpaired) electrons. The fourth-order valence-electron chi connectivity index (χ4n) is 5.56. The Hall–Kier alpha value is -3.75. The summed E-state index contributed by atoms with van der Waals surface area (Å²) in [5.41, 5.74) is 1.51. The van der Waals surface area contributed by atoms with Gasteiger partial charge in [0.2, 0.25) is 0 Å². The van der Waals surface area contributed by atoms with E-state index in [-0.39, 0.29) is 34.1 Å². The highest BCUT2D eigenvalue weighted by Gasteiger charge is 2.44. The monoisotopic (exact) mass is 626 g/mol. The average Bonchev–Trinajstić information content (AvgIpc) is 3.41. The van der Waals surface area contributed by atoms with Gasteiger partial charge >= 0.3 is 0 Å². The van der Waals surface area contributed by atoms with Gasteiger partial charge in [-0.05, 0) is 45.9 Å². The van der Waals surface area contributed by atoms with Gasteiger partial charge in [0, 0.05) is 24.4 Å². The Bertz CT molecular complexity index is 1930. The molecule has 43 heavy (non-hydrogen) atoms. The van der Waals surface area contributed by atoms with Gasteiger partial charge in [-0.15, -0.1) is 0 Å². The molecule has 1 fully saturated rings. The molecule has 5 heterocycles. The first kappa shape index (κ1) is 29.3. The first-order chi connectivity index (χ1) is 20.4. The van der Waals surface area contributed by atoms with Crippen LogP contribution < -0.4 is 15.0 Å². The van der Waals surface area contributed by atoms with Crippen molar-refractivity contribution in [1.82, 2.24) is 18.9 Å². The smallest absolute Gasteiger partial charge is 0.269 e. The van der Waals surface area contributed by atoms with Crippen LogP contribution in [0.5, 0.6) is 5.75 Å². The Morgan fingerprint density at radius 1 is 1.05 bits per heavy atom. The summed E-state index contributed by atoms with van der Waals surface area (Å²) in [7, 11) is -7.63. The van der Waals surface area contributed by atoms with Gasteiger partial charge in [-0.2, -0.15) is 0 Å². The molecule has 14 heteroatoms. The molecule has 0 unspecified atom stereocenters. The molecule has 228 valence electrons. The average molecular weight is 627 g/mol. The number of pyridine rings is 1. The predicted octanol–water partition coefficient (Wildman–Crippen LogP) is 3.43. The molecule has 12 nitrogen and oxygen atoms in total. The molecule has 1 aromatic carbocycles. The number of hydrogen-bond acceptors (Lipinski definition) is 11. The molecule has 1 N–H and O–H groups in total. The lowest BCUT2D eigenvalue weighted by atomic mass is 10.0. The number of hydrogen-bond donors (Lipinski definition) is 1. The lowest BCUT2D eigenvalue weighted by Gasteiger charge is -2.45. The molecule has 4 aromatic rings. The number of aromatic nitrogens is 4. The van der Waals surface area contributed by atoms with Crippen LogP contribution in [0.4, 0.5) is 11.5 Å². The molecule has 0 bridgehead atoms. The predicted molar refractivity (Wildman–Crippen MR) is 164 cm³/mol. The van der Waals surface area contributed by atoms with Crippen molar-refractivity contribution in [1.29, 1.82) is 0 Å². The quantitative estimate of drug-likeness (QED) is 0.322. The molecule has 1 saturated heterocycles. The van der Waals surface area contributed by atoms with E-state index in [0.717, 1.165) is 3.97 Å². The van der Waals surface area contributed by atoms with Crippen molar-refractivity contribution in [2.45, 2.75) is 49.4 Å². The lowest BCUT2D eigenvalue weighted by molar-refractivity contribution is 0.0482. The number of rotatable bonds is 7. The Balaban J connectivity index is 1.65. The number of morpholine rings is 1. The molecule has 6 rings (SSSR count). The van der Waals surface area contributed by atoms with Crippen molar-refractivity contribution in [3.63, 3.8) is 0 Å². The number of sulfone groups is 1. The summed E-state index contributed by atoms with van der Waals surface area (Å²) in [6.07, 6.45) is 4.19. The highest BCUT2D eigenvalue weighted by molar-refractivity contribution is 7.91. The van der Waals surface area contributed by atoms with Crippen LogP contribution in [0, 0.1) is 0 Å². The fourth-order valence-corrected chi connectivity index (χ4v) is 7.37. The topological polar surface area (TPSA) is 146 Å². The fraction of sp³-hybridized carbons (Fsp3) is 0.414. The summed E-state index contributed by atoms with van der Waals surface area (Å²) in [6, 6.07) is 9.63. The standard InChI is InChI=1S/C29H34N6O6S2/c1-6-30-22-14-31-27-21(12-13-34(27)43(38,39)20-10-8-7-9-11-20)23(22)26-32-25(29(3,4)42(5,36)37)24-28(33-26)35-18(2)15-40-16-19(35)17-41-24/h7-14,18-19,30H,6,15-17H2,1-5H3/t18-,19+/m1/s1. The number of anilines is 2. The second-order valence-electron chi connectivity index (χ2n) is 11.3. The van der Waals surface area contributed by atoms with Gasteiger partial charge in [0.15, 0.2) is 32.9 Å². The molecule has 0 aliphatic carbocycles. The SMILES string of the molecule is CCNc1cnc2c(ccn2S(=O)(=O)c2ccccc2)c1-c1nc2c(c(C(C)(C)S(C)(=O)=O)n1)OC[C@@H]1COC[C@@H](C)N21. The minimum absolute atomic E-state index is 0.0545. The van der Waals surface area contributed by atoms with Gasteiger partial charge in [-0.1, -0.05) is 18.2 Å². The number of nitrogens with one attached hydrogen (secondary N) is 1. The number of fused-ring (bicyclic) bond motifs is 4. The van der Waals surface area contributed by atoms with Crippen molar-refractivity contribution in [2.75, 3.05) is 42.8 Å². The molecule has 0 saturated carbocycles. The van der Waals surface area contributed by atoms with Crippen LogP contribution in [-0.2, 0) is 29.3 Å². The first-order valence-corrected chi connectivity index (χ1v) is 17.3. The van der Waals surface area contributed by atoms with E-state index in [1.807, 2.05) is 13.8 Å². The van der Waals surface area contributed by atoms with E-state index in [1.54, 1.807) is 44.3 Å². The number of ether oxygens (including phenoxy) is 2. The summed E-state index contributed by atoms with van der Waals surface area (Å²) >= 11 is 0. The summed E-state index contributed by atoms with van der Waals surface area (Å²) in [5.74, 6) is 1.03. The Labute approximate surface area is 251 Å². The van der Waals surface area contributed by atoms with Crippen LogP contribution in [0.25, 0.3) is 22.4 Å². The van der Waals surface area contributed by atoms with Gasteiger partial charge in [0.05, 0.1) is 47.6 Å². The maximum Gasteiger partial charge on any atom is 0.269 e. The van der Waals surface area contributed by atoms with E-state index in [4.69, 9.17) is 19.4 Å². The minimum Gasteiger partial charge on any atom is -0.486 e. The highest BCUT2D eigenvalue weighted by atomic mass is 32.2. The highest BCUT2D eigenvalue weighted by Crippen LogP contribution is 2.46. The summed E-state index contributed by atoms with van der Waals surface area (Å²) < 4.78 is 65.2. The van der Waals surface area contributed by atoms with E-state index in [2.05, 4.69) is 15.2 Å². The van der Waals surface area contributed by atoms with Crippen molar-refractivity contribution in [3.8, 4) is 17.1 Å². The molecule has 2 aliphatic rings. The molecule has 2 atom stereocenters. The second kappa shape index (κ2) is 10.5. The maximum absolute atomic E-state index is 13.6. The van der Waals surface area contributed by atoms with Crippen LogP contribution in [-0.4, -0.2) is 80.5 Å². The van der Waals surface area contributed by atoms with E-state index in [0.29, 0.717) is 54.6 Å². The Morgan fingerprint density at radius 2 is 1.79 bits per heavy atom. The normalized spacial score (nSPS) is 19.0. The van der Waals surface area contributed by atoms with Crippen molar-refractivity contribution < 1.29 is 26.3 Å². The first-order valence-electron chi connectivity index (χ1n) is 14.0. The summed E-state index contributed by atoms with van der Waals surface area (Å²) in [4.78, 5) is 16.7. The van der Waals surface area contributed by atoms with Crippen LogP contribution >= 0.6 is 0 Å². The van der Waals surface area contributed by atoms with Gasteiger partial charge in [-0.3, -0.25) is 0 Å². The van der Waals surface area contributed by atoms with Crippen LogP contribution in [0.1, 0.15) is 33.4 Å². The number of benzene rings is 1. The third kappa shape index (κ3) is 4.71. The Kier molecular flexibility index (Phi) is 7.13. The molecule has 3 aromatic heterocycles. The zero-order chi connectivity index (χ0) is 30.7. The molecular weight excluding hydrogens is 592 g/mol. The zero-order valence-corrected chi connectivity index (χ0v) is 26.2. The van der Waals surface area contributed by atoms with Crippen LogP contribution in [0.3, 0.4) is 0 Å². The second-order valence-corrected chi connectivity index (χ2v) is 15.7. The van der Waals surface area contributed by atoms with Crippen molar-refractivity contribution in [2.24, 2.45) is 0 Å². The van der Waals surface area contributed by atoms with Gasteiger partial charge in [0.1, 0.15) is 17.0 Å². The van der Waals surface area contributed by atoms with E-state index in [1.165, 1.54) is 24.6 Å². The maximum atomic E-state index is 13.6. The molecular formula is C29H34N6O6S2. The third-order valence-electron chi connectivity index (χ3n) is 8.12. The van der Waals surface area contributed by atoms with E-state index >= 15 is 0 Å². The molecule has 0 amide bonds. The van der Waals surface area contributed by atoms with Crippen molar-refractivity contribution >= 4 is 42.4 Å².